The first-order chi connectivity index (χ1) is 8.69. The first-order valence-corrected chi connectivity index (χ1v) is 6.46. The average Bonchev–Trinajstić information content (AvgIpc) is 2.39. The van der Waals surface area contributed by atoms with Crippen molar-refractivity contribution in [1.29, 1.82) is 0 Å². The number of carbonyl (C=O) groups is 1. The Labute approximate surface area is 107 Å². The summed E-state index contributed by atoms with van der Waals surface area (Å²) >= 11 is 0. The van der Waals surface area contributed by atoms with Gasteiger partial charge in [0.15, 0.2) is 0 Å². The third-order valence-electron chi connectivity index (χ3n) is 2.97. The van der Waals surface area contributed by atoms with Gasteiger partial charge >= 0.3 is 5.97 Å². The van der Waals surface area contributed by atoms with E-state index in [1.807, 2.05) is 0 Å². The Morgan fingerprint density at radius 3 is 2.89 bits per heavy atom. The van der Waals surface area contributed by atoms with Crippen LogP contribution in [0.5, 0.6) is 0 Å². The fourth-order valence-electron chi connectivity index (χ4n) is 1.71. The van der Waals surface area contributed by atoms with Crippen LogP contribution in [-0.2, 0) is 4.74 Å². The molecule has 0 amide bonds. The first kappa shape index (κ1) is 14.6. The number of hydrogen-bond acceptors (Lipinski definition) is 3. The lowest BCUT2D eigenvalue weighted by Gasteiger charge is -2.14. The molecule has 100 valence electrons. The highest BCUT2D eigenvalue weighted by Gasteiger charge is 2.15. The van der Waals surface area contributed by atoms with Crippen LogP contribution in [-0.4, -0.2) is 17.6 Å². The lowest BCUT2D eigenvalue weighted by Crippen LogP contribution is -2.15. The molecule has 4 heteroatoms. The number of ether oxygens (including phenoxy) is 1. The van der Waals surface area contributed by atoms with Gasteiger partial charge in [-0.1, -0.05) is 33.1 Å². The van der Waals surface area contributed by atoms with Crippen LogP contribution < -0.4 is 0 Å². The van der Waals surface area contributed by atoms with E-state index in [1.165, 1.54) is 18.3 Å². The SMILES string of the molecule is CCCCC(CC)COC(=O)c1cccnc1F. The topological polar surface area (TPSA) is 39.2 Å². The van der Waals surface area contributed by atoms with Gasteiger partial charge in [0, 0.05) is 6.20 Å². The molecule has 1 atom stereocenters. The molecule has 1 rings (SSSR count). The second kappa shape index (κ2) is 7.80. The molecule has 1 aromatic rings. The van der Waals surface area contributed by atoms with Crippen molar-refractivity contribution in [2.24, 2.45) is 5.92 Å². The molecule has 0 N–H and O–H groups in total. The molecule has 0 aliphatic carbocycles. The zero-order chi connectivity index (χ0) is 13.4. The highest BCUT2D eigenvalue weighted by atomic mass is 19.1. The molecular formula is C14H20FNO2. The van der Waals surface area contributed by atoms with Gasteiger partial charge in [-0.05, 0) is 24.5 Å². The number of rotatable bonds is 7. The van der Waals surface area contributed by atoms with Gasteiger partial charge in [0.25, 0.3) is 0 Å². The predicted molar refractivity (Wildman–Crippen MR) is 67.8 cm³/mol. The lowest BCUT2D eigenvalue weighted by molar-refractivity contribution is 0.0422. The van der Waals surface area contributed by atoms with Gasteiger partial charge in [-0.3, -0.25) is 0 Å². The highest BCUT2D eigenvalue weighted by molar-refractivity contribution is 5.89. The predicted octanol–water partition coefficient (Wildman–Crippen LogP) is 3.59. The molecule has 0 saturated heterocycles. The molecule has 1 aromatic heterocycles. The molecule has 18 heavy (non-hydrogen) atoms. The van der Waals surface area contributed by atoms with Gasteiger partial charge in [0.1, 0.15) is 5.56 Å². The Kier molecular flexibility index (Phi) is 6.33. The van der Waals surface area contributed by atoms with E-state index in [0.29, 0.717) is 12.5 Å². The van der Waals surface area contributed by atoms with Crippen molar-refractivity contribution in [2.45, 2.75) is 39.5 Å². The molecule has 0 aliphatic heterocycles. The van der Waals surface area contributed by atoms with E-state index in [2.05, 4.69) is 18.8 Å². The van der Waals surface area contributed by atoms with Gasteiger partial charge in [-0.15, -0.1) is 0 Å². The number of halogens is 1. The Hall–Kier alpha value is -1.45. The Morgan fingerprint density at radius 1 is 1.50 bits per heavy atom. The minimum atomic E-state index is -0.774. The smallest absolute Gasteiger partial charge is 0.342 e. The number of carbonyl (C=O) groups excluding carboxylic acids is 1. The molecule has 1 unspecified atom stereocenters. The molecule has 0 bridgehead atoms. The number of pyridine rings is 1. The standard InChI is InChI=1S/C14H20FNO2/c1-3-5-7-11(4-2)10-18-14(17)12-8-6-9-16-13(12)15/h6,8-9,11H,3-5,7,10H2,1-2H3. The number of aromatic nitrogens is 1. The van der Waals surface area contributed by atoms with Crippen molar-refractivity contribution >= 4 is 5.97 Å². The fraction of sp³-hybridized carbons (Fsp3) is 0.571. The third-order valence-corrected chi connectivity index (χ3v) is 2.97. The maximum Gasteiger partial charge on any atom is 0.342 e. The van der Waals surface area contributed by atoms with E-state index >= 15 is 0 Å². The van der Waals surface area contributed by atoms with E-state index < -0.39 is 11.9 Å². The molecule has 0 spiro atoms. The van der Waals surface area contributed by atoms with E-state index in [0.717, 1.165) is 25.7 Å². The summed E-state index contributed by atoms with van der Waals surface area (Å²) in [4.78, 5) is 15.1. The van der Waals surface area contributed by atoms with E-state index in [9.17, 15) is 9.18 Å². The summed E-state index contributed by atoms with van der Waals surface area (Å²) in [5.41, 5.74) is -0.0946. The van der Waals surface area contributed by atoms with Crippen LogP contribution in [0.1, 0.15) is 49.9 Å². The van der Waals surface area contributed by atoms with Crippen molar-refractivity contribution in [3.63, 3.8) is 0 Å². The second-order valence-electron chi connectivity index (χ2n) is 4.36. The zero-order valence-corrected chi connectivity index (χ0v) is 11.0. The van der Waals surface area contributed by atoms with Gasteiger partial charge < -0.3 is 4.74 Å². The van der Waals surface area contributed by atoms with Crippen molar-refractivity contribution < 1.29 is 13.9 Å². The van der Waals surface area contributed by atoms with Crippen molar-refractivity contribution in [3.8, 4) is 0 Å². The molecule has 0 aromatic carbocycles. The minimum absolute atomic E-state index is 0.0946. The summed E-state index contributed by atoms with van der Waals surface area (Å²) in [6.07, 6.45) is 5.56. The molecule has 3 nitrogen and oxygen atoms in total. The molecule has 0 saturated carbocycles. The van der Waals surface area contributed by atoms with Crippen LogP contribution in [0.4, 0.5) is 4.39 Å². The van der Waals surface area contributed by atoms with Gasteiger partial charge in [0.05, 0.1) is 6.61 Å². The maximum absolute atomic E-state index is 13.2. The van der Waals surface area contributed by atoms with Crippen LogP contribution >= 0.6 is 0 Å². The monoisotopic (exact) mass is 253 g/mol. The van der Waals surface area contributed by atoms with E-state index in [-0.39, 0.29) is 5.56 Å². The summed E-state index contributed by atoms with van der Waals surface area (Å²) in [5.74, 6) is -1.05. The average molecular weight is 253 g/mol. The highest BCUT2D eigenvalue weighted by Crippen LogP contribution is 2.14. The normalized spacial score (nSPS) is 12.2. The first-order valence-electron chi connectivity index (χ1n) is 6.46. The Morgan fingerprint density at radius 2 is 2.28 bits per heavy atom. The van der Waals surface area contributed by atoms with Crippen LogP contribution in [0.2, 0.25) is 0 Å². The van der Waals surface area contributed by atoms with Crippen LogP contribution in [0.25, 0.3) is 0 Å². The largest absolute Gasteiger partial charge is 0.462 e. The zero-order valence-electron chi connectivity index (χ0n) is 11.0. The summed E-state index contributed by atoms with van der Waals surface area (Å²) in [5, 5.41) is 0. The van der Waals surface area contributed by atoms with Crippen LogP contribution in [0.15, 0.2) is 18.3 Å². The summed E-state index contributed by atoms with van der Waals surface area (Å²) in [7, 11) is 0. The lowest BCUT2D eigenvalue weighted by atomic mass is 10.0. The van der Waals surface area contributed by atoms with Gasteiger partial charge in [-0.25, -0.2) is 9.78 Å². The van der Waals surface area contributed by atoms with Crippen molar-refractivity contribution in [2.75, 3.05) is 6.61 Å². The van der Waals surface area contributed by atoms with Crippen molar-refractivity contribution in [1.82, 2.24) is 4.98 Å². The van der Waals surface area contributed by atoms with Crippen LogP contribution in [0.3, 0.4) is 0 Å². The summed E-state index contributed by atoms with van der Waals surface area (Å²) in [6, 6.07) is 2.91. The van der Waals surface area contributed by atoms with Crippen LogP contribution in [0, 0.1) is 11.9 Å². The van der Waals surface area contributed by atoms with E-state index in [1.54, 1.807) is 0 Å². The Bertz CT molecular complexity index is 382. The molecule has 0 aliphatic rings. The molecule has 0 fully saturated rings. The third kappa shape index (κ3) is 4.43. The van der Waals surface area contributed by atoms with Crippen molar-refractivity contribution in [3.05, 3.63) is 29.8 Å². The fourth-order valence-corrected chi connectivity index (χ4v) is 1.71. The number of nitrogens with zero attached hydrogens (tertiary/aromatic N) is 1. The minimum Gasteiger partial charge on any atom is -0.462 e. The maximum atomic E-state index is 13.2. The molecule has 0 radical (unpaired) electrons. The number of esters is 1. The molecule has 1 heterocycles. The number of hydrogen-bond donors (Lipinski definition) is 0. The quantitative estimate of drug-likeness (QED) is 0.550. The van der Waals surface area contributed by atoms with E-state index in [4.69, 9.17) is 4.74 Å². The summed E-state index contributed by atoms with van der Waals surface area (Å²) < 4.78 is 18.4. The Balaban J connectivity index is 2.47. The second-order valence-corrected chi connectivity index (χ2v) is 4.36. The molecular weight excluding hydrogens is 233 g/mol. The van der Waals surface area contributed by atoms with Gasteiger partial charge in [-0.2, -0.15) is 4.39 Å². The summed E-state index contributed by atoms with van der Waals surface area (Å²) in [6.45, 7) is 4.55. The van der Waals surface area contributed by atoms with Gasteiger partial charge in [0.2, 0.25) is 5.95 Å². The number of unbranched alkanes of at least 4 members (excludes halogenated alkanes) is 1.